The maximum absolute atomic E-state index is 12.0. The second-order valence-corrected chi connectivity index (χ2v) is 13.0. The van der Waals surface area contributed by atoms with Crippen LogP contribution in [0.4, 0.5) is 5.13 Å². The fraction of sp³-hybridized carbons (Fsp3) is 0.583. The summed E-state index contributed by atoms with van der Waals surface area (Å²) in [4.78, 5) is 17.2. The van der Waals surface area contributed by atoms with Crippen LogP contribution < -0.4 is 10.6 Å². The highest BCUT2D eigenvalue weighted by molar-refractivity contribution is 7.90. The number of rotatable bonds is 10. The van der Waals surface area contributed by atoms with Gasteiger partial charge in [0.15, 0.2) is 15.0 Å². The molecule has 0 radical (unpaired) electrons. The number of nitrogens with one attached hydrogen (secondary N) is 2. The van der Waals surface area contributed by atoms with Gasteiger partial charge in [-0.05, 0) is 68.6 Å². The predicted octanol–water partition coefficient (Wildman–Crippen LogP) is 5.24. The van der Waals surface area contributed by atoms with Crippen molar-refractivity contribution in [3.8, 4) is 10.4 Å². The maximum Gasteiger partial charge on any atom is 0.320 e. The van der Waals surface area contributed by atoms with Crippen molar-refractivity contribution in [3.63, 3.8) is 0 Å². The number of hydrogen-bond acceptors (Lipinski definition) is 7. The minimum absolute atomic E-state index is 0.123. The van der Waals surface area contributed by atoms with Gasteiger partial charge in [-0.1, -0.05) is 42.9 Å². The second-order valence-electron chi connectivity index (χ2n) is 9.64. The summed E-state index contributed by atoms with van der Waals surface area (Å²) >= 11 is 7.59. The van der Waals surface area contributed by atoms with Crippen molar-refractivity contribution in [2.75, 3.05) is 18.1 Å². The molecule has 1 aliphatic rings. The third kappa shape index (κ3) is 7.16. The van der Waals surface area contributed by atoms with Gasteiger partial charge in [0, 0.05) is 18.8 Å². The summed E-state index contributed by atoms with van der Waals surface area (Å²) in [6.07, 6.45) is 5.79. The van der Waals surface area contributed by atoms with Gasteiger partial charge in [-0.2, -0.15) is 0 Å². The van der Waals surface area contributed by atoms with Crippen LogP contribution in [-0.4, -0.2) is 49.4 Å². The third-order valence-corrected chi connectivity index (χ3v) is 8.96. The van der Waals surface area contributed by atoms with Gasteiger partial charge in [-0.15, -0.1) is 0 Å². The Labute approximate surface area is 211 Å². The van der Waals surface area contributed by atoms with E-state index in [1.807, 2.05) is 26.8 Å². The molecule has 0 unspecified atom stereocenters. The lowest BCUT2D eigenvalue weighted by atomic mass is 9.85. The van der Waals surface area contributed by atoms with E-state index < -0.39 is 21.8 Å². The summed E-state index contributed by atoms with van der Waals surface area (Å²) in [5, 5.41) is 17.3. The van der Waals surface area contributed by atoms with Gasteiger partial charge >= 0.3 is 5.97 Å². The molecule has 0 amide bonds. The van der Waals surface area contributed by atoms with Crippen molar-refractivity contribution in [1.29, 1.82) is 0 Å². The summed E-state index contributed by atoms with van der Waals surface area (Å²) in [6, 6.07) is 4.81. The Balaban J connectivity index is 1.56. The summed E-state index contributed by atoms with van der Waals surface area (Å²) < 4.78 is 24.0. The maximum atomic E-state index is 12.0. The summed E-state index contributed by atoms with van der Waals surface area (Å²) in [5.41, 5.74) is 1.63. The van der Waals surface area contributed by atoms with Crippen LogP contribution in [0.3, 0.4) is 0 Å². The van der Waals surface area contributed by atoms with Crippen LogP contribution in [0.5, 0.6) is 0 Å². The topological polar surface area (TPSA) is 108 Å². The number of halogens is 1. The molecule has 0 bridgehead atoms. The molecule has 1 aliphatic carbocycles. The van der Waals surface area contributed by atoms with E-state index in [0.29, 0.717) is 18.3 Å². The number of thiazole rings is 1. The summed E-state index contributed by atoms with van der Waals surface area (Å²) in [6.45, 7) is 6.81. The van der Waals surface area contributed by atoms with Gasteiger partial charge in [-0.3, -0.25) is 4.79 Å². The molecule has 188 valence electrons. The monoisotopic (exact) mass is 527 g/mol. The summed E-state index contributed by atoms with van der Waals surface area (Å²) in [5.74, 6) is 0.0786. The molecule has 1 saturated carbocycles. The van der Waals surface area contributed by atoms with Crippen LogP contribution in [-0.2, 0) is 14.6 Å². The molecule has 1 aromatic heterocycles. The number of hydrogen-bond donors (Lipinski definition) is 3. The number of nitrogens with zero attached hydrogens (tertiary/aromatic N) is 1. The zero-order valence-corrected chi connectivity index (χ0v) is 22.5. The van der Waals surface area contributed by atoms with Crippen molar-refractivity contribution in [2.45, 2.75) is 69.9 Å². The van der Waals surface area contributed by atoms with E-state index >= 15 is 0 Å². The standard InChI is InChI=1S/C24H34ClN3O4S2/c1-14(2)11-20(23(29)30)28-18-8-5-16(6-9-18)13-26-24-27-15(3)22(33-24)17-7-10-19(25)21(12-17)34(4,31)32/h7,10,12,14,16,18,20,28H,5-6,8-9,11,13H2,1-4H3,(H,26,27)(H,29,30)/t16?,18?,20-/m0/s1. The highest BCUT2D eigenvalue weighted by Gasteiger charge is 2.27. The number of aliphatic carboxylic acids is 1. The minimum atomic E-state index is -3.42. The van der Waals surface area contributed by atoms with Gasteiger partial charge < -0.3 is 15.7 Å². The Bertz CT molecular complexity index is 1110. The molecule has 3 rings (SSSR count). The lowest BCUT2D eigenvalue weighted by molar-refractivity contribution is -0.140. The highest BCUT2D eigenvalue weighted by Crippen LogP contribution is 2.36. The van der Waals surface area contributed by atoms with Crippen LogP contribution in [0.2, 0.25) is 5.02 Å². The van der Waals surface area contributed by atoms with E-state index in [1.165, 1.54) is 11.3 Å². The van der Waals surface area contributed by atoms with Crippen molar-refractivity contribution in [2.24, 2.45) is 11.8 Å². The largest absolute Gasteiger partial charge is 0.480 e. The van der Waals surface area contributed by atoms with E-state index in [4.69, 9.17) is 11.6 Å². The number of aryl methyl sites for hydroxylation is 1. The summed E-state index contributed by atoms with van der Waals surface area (Å²) in [7, 11) is -3.42. The van der Waals surface area contributed by atoms with Crippen LogP contribution in [0.1, 0.15) is 51.6 Å². The zero-order chi connectivity index (χ0) is 25.0. The number of benzene rings is 1. The number of anilines is 1. The van der Waals surface area contributed by atoms with Crippen LogP contribution in [0.15, 0.2) is 23.1 Å². The Hall–Kier alpha value is -1.68. The zero-order valence-electron chi connectivity index (χ0n) is 20.1. The van der Waals surface area contributed by atoms with Gasteiger partial charge in [0.1, 0.15) is 6.04 Å². The van der Waals surface area contributed by atoms with Gasteiger partial charge in [-0.25, -0.2) is 13.4 Å². The molecular weight excluding hydrogens is 494 g/mol. The number of aromatic nitrogens is 1. The smallest absolute Gasteiger partial charge is 0.320 e. The first-order valence-electron chi connectivity index (χ1n) is 11.6. The molecule has 1 heterocycles. The second kappa shape index (κ2) is 11.4. The molecule has 0 spiro atoms. The van der Waals surface area contributed by atoms with Crippen molar-refractivity contribution < 1.29 is 18.3 Å². The van der Waals surface area contributed by atoms with Crippen LogP contribution >= 0.6 is 22.9 Å². The molecule has 3 N–H and O–H groups in total. The first kappa shape index (κ1) is 26.9. The molecule has 2 aromatic rings. The predicted molar refractivity (Wildman–Crippen MR) is 139 cm³/mol. The lowest BCUT2D eigenvalue weighted by Crippen LogP contribution is -2.45. The quantitative estimate of drug-likeness (QED) is 0.388. The molecule has 34 heavy (non-hydrogen) atoms. The third-order valence-electron chi connectivity index (χ3n) is 6.22. The van der Waals surface area contributed by atoms with Crippen molar-refractivity contribution in [3.05, 3.63) is 28.9 Å². The van der Waals surface area contributed by atoms with Gasteiger partial charge in [0.2, 0.25) is 0 Å². The number of carboxylic acid groups (broad SMARTS) is 1. The fourth-order valence-corrected chi connectivity index (χ4v) is 6.70. The number of carbonyl (C=O) groups is 1. The fourth-order valence-electron chi connectivity index (χ4n) is 4.43. The van der Waals surface area contributed by atoms with E-state index in [0.717, 1.165) is 59.7 Å². The minimum Gasteiger partial charge on any atom is -0.480 e. The molecular formula is C24H34ClN3O4S2. The van der Waals surface area contributed by atoms with E-state index in [2.05, 4.69) is 15.6 Å². The SMILES string of the molecule is Cc1nc(NCC2CCC(N[C@@H](CC(C)C)C(=O)O)CC2)sc1-c1ccc(Cl)c(S(C)(=O)=O)c1. The highest BCUT2D eigenvalue weighted by atomic mass is 35.5. The average Bonchev–Trinajstić information content (AvgIpc) is 3.12. The Morgan fingerprint density at radius 1 is 1.26 bits per heavy atom. The molecule has 0 saturated heterocycles. The number of carboxylic acids is 1. The van der Waals surface area contributed by atoms with Crippen molar-refractivity contribution in [1.82, 2.24) is 10.3 Å². The van der Waals surface area contributed by atoms with E-state index in [9.17, 15) is 18.3 Å². The molecule has 1 atom stereocenters. The number of sulfone groups is 1. The lowest BCUT2D eigenvalue weighted by Gasteiger charge is -2.31. The van der Waals surface area contributed by atoms with Crippen molar-refractivity contribution >= 4 is 43.9 Å². The van der Waals surface area contributed by atoms with Gasteiger partial charge in [0.05, 0.1) is 20.5 Å². The molecule has 1 fully saturated rings. The Kier molecular flexibility index (Phi) is 9.00. The molecule has 1 aromatic carbocycles. The Morgan fingerprint density at radius 2 is 1.94 bits per heavy atom. The van der Waals surface area contributed by atoms with Crippen LogP contribution in [0.25, 0.3) is 10.4 Å². The molecule has 0 aliphatic heterocycles. The molecule has 10 heteroatoms. The van der Waals surface area contributed by atoms with Crippen LogP contribution in [0, 0.1) is 18.8 Å². The van der Waals surface area contributed by atoms with E-state index in [1.54, 1.807) is 12.1 Å². The average molecular weight is 528 g/mol. The van der Waals surface area contributed by atoms with E-state index in [-0.39, 0.29) is 16.0 Å². The normalized spacial score (nSPS) is 19.8. The Morgan fingerprint density at radius 3 is 2.53 bits per heavy atom. The first-order chi connectivity index (χ1) is 15.9. The molecule has 7 nitrogen and oxygen atoms in total. The van der Waals surface area contributed by atoms with Gasteiger partial charge in [0.25, 0.3) is 0 Å². The first-order valence-corrected chi connectivity index (χ1v) is 14.7.